The predicted molar refractivity (Wildman–Crippen MR) is 173 cm³/mol. The minimum absolute atomic E-state index is 0.238. The maximum absolute atomic E-state index is 11.1. The number of aromatic nitrogens is 2. The van der Waals surface area contributed by atoms with E-state index < -0.39 is 7.82 Å². The fourth-order valence-corrected chi connectivity index (χ4v) is 5.61. The Hall–Kier alpha value is -0.680. The highest BCUT2D eigenvalue weighted by Gasteiger charge is 2.08. The van der Waals surface area contributed by atoms with Crippen LogP contribution in [-0.2, 0) is 26.7 Å². The number of phosphoric ester groups is 1. The molecule has 0 fully saturated rings. The molecule has 0 unspecified atom stereocenters. The van der Waals surface area contributed by atoms with Gasteiger partial charge in [0.25, 0.3) is 7.82 Å². The molecular weight excluding hydrogens is 531 g/mol. The van der Waals surface area contributed by atoms with Crippen molar-refractivity contribution in [1.82, 2.24) is 4.57 Å². The van der Waals surface area contributed by atoms with Crippen molar-refractivity contribution in [2.75, 3.05) is 13.2 Å². The third-order valence-electron chi connectivity index (χ3n) is 7.53. The summed E-state index contributed by atoms with van der Waals surface area (Å²) in [4.78, 5) is 11.1. The van der Waals surface area contributed by atoms with Gasteiger partial charge in [0.15, 0.2) is 0 Å². The standard InChI is InChI=1S/C24H47N2.C10H23O4P/c1-3-5-7-8-9-10-11-12-13-14-15-16-17-19-21-26-23-22-25(24-26)20-18-6-4-2;1-3-5-7-9-13-15(11,12)14-10-8-6-4-2/h22-24H,3-21H2,1-2H3;3-10H2,1-2H3,(H,11,12)/q+1;/p-1. The summed E-state index contributed by atoms with van der Waals surface area (Å²) in [6.07, 6.45) is 36.4. The molecule has 0 amide bonds. The first-order valence-electron chi connectivity index (χ1n) is 17.6. The predicted octanol–water partition coefficient (Wildman–Crippen LogP) is 10.3. The topological polar surface area (TPSA) is 67.4 Å². The van der Waals surface area contributed by atoms with Gasteiger partial charge >= 0.3 is 0 Å². The van der Waals surface area contributed by atoms with E-state index in [0.717, 1.165) is 38.5 Å². The Morgan fingerprint density at radius 1 is 0.585 bits per heavy atom. The van der Waals surface area contributed by atoms with E-state index in [4.69, 9.17) is 0 Å². The minimum atomic E-state index is -4.02. The number of nitrogens with zero attached hydrogens (tertiary/aromatic N) is 2. The van der Waals surface area contributed by atoms with E-state index in [-0.39, 0.29) is 13.2 Å². The second-order valence-corrected chi connectivity index (χ2v) is 13.1. The molecule has 1 aromatic rings. The third-order valence-corrected chi connectivity index (χ3v) is 8.53. The van der Waals surface area contributed by atoms with Gasteiger partial charge in [-0.1, -0.05) is 137 Å². The van der Waals surface area contributed by atoms with Gasteiger partial charge in [0, 0.05) is 0 Å². The molecule has 0 radical (unpaired) electrons. The molecule has 244 valence electrons. The zero-order valence-corrected chi connectivity index (χ0v) is 28.7. The Labute approximate surface area is 255 Å². The summed E-state index contributed by atoms with van der Waals surface area (Å²) in [5.74, 6) is 0. The molecule has 0 aliphatic heterocycles. The average molecular weight is 601 g/mol. The van der Waals surface area contributed by atoms with Crippen molar-refractivity contribution in [1.29, 1.82) is 0 Å². The molecule has 0 aromatic carbocycles. The lowest BCUT2D eigenvalue weighted by atomic mass is 10.0. The minimum Gasteiger partial charge on any atom is -0.756 e. The highest BCUT2D eigenvalue weighted by Crippen LogP contribution is 2.38. The molecule has 0 aliphatic carbocycles. The van der Waals surface area contributed by atoms with Crippen LogP contribution < -0.4 is 9.46 Å². The molecule has 1 rings (SSSR count). The Bertz CT molecular complexity index is 682. The first-order chi connectivity index (χ1) is 20.0. The molecule has 41 heavy (non-hydrogen) atoms. The molecule has 0 atom stereocenters. The van der Waals surface area contributed by atoms with E-state index in [1.165, 1.54) is 122 Å². The molecule has 1 aromatic heterocycles. The number of rotatable bonds is 29. The molecule has 0 aliphatic rings. The second-order valence-electron chi connectivity index (χ2n) is 11.7. The molecule has 0 N–H and O–H groups in total. The second kappa shape index (κ2) is 30.8. The summed E-state index contributed by atoms with van der Waals surface area (Å²) in [5, 5.41) is 0. The van der Waals surface area contributed by atoms with Crippen molar-refractivity contribution in [2.24, 2.45) is 0 Å². The lowest BCUT2D eigenvalue weighted by Crippen LogP contribution is -2.30. The molecule has 7 heteroatoms. The molecule has 0 saturated carbocycles. The third kappa shape index (κ3) is 29.2. The van der Waals surface area contributed by atoms with E-state index in [2.05, 4.69) is 64.6 Å². The zero-order valence-electron chi connectivity index (χ0n) is 27.8. The summed E-state index contributed by atoms with van der Waals surface area (Å²) < 4.78 is 25.2. The number of hydrogen-bond acceptors (Lipinski definition) is 4. The van der Waals surface area contributed by atoms with Crippen molar-refractivity contribution < 1.29 is 23.1 Å². The summed E-state index contributed by atoms with van der Waals surface area (Å²) >= 11 is 0. The smallest absolute Gasteiger partial charge is 0.267 e. The van der Waals surface area contributed by atoms with E-state index in [1.807, 2.05) is 0 Å². The van der Waals surface area contributed by atoms with Crippen LogP contribution in [0.5, 0.6) is 0 Å². The largest absolute Gasteiger partial charge is 0.756 e. The fraction of sp³-hybridized carbons (Fsp3) is 0.912. The number of imidazole rings is 1. The Morgan fingerprint density at radius 2 is 0.976 bits per heavy atom. The number of phosphoric acid groups is 1. The summed E-state index contributed by atoms with van der Waals surface area (Å²) in [6, 6.07) is 0. The SMILES string of the molecule is CCCCCCCCCCCCCCCCn1cc[n+](CCCCC)c1.CCCCCOP(=O)([O-])OCCCCC. The van der Waals surface area contributed by atoms with Crippen LogP contribution in [0.3, 0.4) is 0 Å². The van der Waals surface area contributed by atoms with Crippen LogP contribution in [0.4, 0.5) is 0 Å². The van der Waals surface area contributed by atoms with Gasteiger partial charge in [-0.25, -0.2) is 9.13 Å². The van der Waals surface area contributed by atoms with Crippen LogP contribution in [-0.4, -0.2) is 17.8 Å². The summed E-state index contributed by atoms with van der Waals surface area (Å²) in [6.45, 7) is 11.5. The van der Waals surface area contributed by atoms with Gasteiger partial charge in [-0.2, -0.15) is 0 Å². The number of aryl methyl sites for hydroxylation is 2. The van der Waals surface area contributed by atoms with Crippen molar-refractivity contribution in [3.63, 3.8) is 0 Å². The lowest BCUT2D eigenvalue weighted by Gasteiger charge is -2.22. The van der Waals surface area contributed by atoms with Crippen LogP contribution in [0.1, 0.15) is 175 Å². The van der Waals surface area contributed by atoms with Crippen molar-refractivity contribution in [2.45, 2.75) is 188 Å². The Kier molecular flexibility index (Phi) is 30.3. The van der Waals surface area contributed by atoms with Gasteiger partial charge < -0.3 is 13.9 Å². The van der Waals surface area contributed by atoms with Crippen LogP contribution in [0.15, 0.2) is 18.7 Å². The van der Waals surface area contributed by atoms with Gasteiger partial charge in [0.2, 0.25) is 6.33 Å². The van der Waals surface area contributed by atoms with Crippen molar-refractivity contribution in [3.8, 4) is 0 Å². The van der Waals surface area contributed by atoms with Crippen molar-refractivity contribution in [3.05, 3.63) is 18.7 Å². The highest BCUT2D eigenvalue weighted by atomic mass is 31.2. The maximum Gasteiger partial charge on any atom is 0.267 e. The molecule has 0 spiro atoms. The zero-order chi connectivity index (χ0) is 30.3. The maximum atomic E-state index is 11.1. The summed E-state index contributed by atoms with van der Waals surface area (Å²) in [5.41, 5.74) is 0. The summed E-state index contributed by atoms with van der Waals surface area (Å²) in [7, 11) is -4.02. The highest BCUT2D eigenvalue weighted by molar-refractivity contribution is 7.45. The van der Waals surface area contributed by atoms with Crippen LogP contribution >= 0.6 is 7.82 Å². The number of hydrogen-bond donors (Lipinski definition) is 0. The fourth-order valence-electron chi connectivity index (χ4n) is 4.83. The molecule has 6 nitrogen and oxygen atoms in total. The van der Waals surface area contributed by atoms with E-state index in [1.54, 1.807) is 0 Å². The van der Waals surface area contributed by atoms with Gasteiger partial charge in [-0.05, 0) is 38.5 Å². The van der Waals surface area contributed by atoms with Crippen LogP contribution in [0.2, 0.25) is 0 Å². The monoisotopic (exact) mass is 600 g/mol. The van der Waals surface area contributed by atoms with Gasteiger partial charge in [-0.3, -0.25) is 4.57 Å². The van der Waals surface area contributed by atoms with Gasteiger partial charge in [-0.15, -0.1) is 0 Å². The average Bonchev–Trinajstić information content (AvgIpc) is 3.42. The van der Waals surface area contributed by atoms with E-state index in [9.17, 15) is 9.46 Å². The lowest BCUT2D eigenvalue weighted by molar-refractivity contribution is -0.696. The normalized spacial score (nSPS) is 11.5. The number of unbranched alkanes of at least 4 members (excludes halogenated alkanes) is 19. The Balaban J connectivity index is 0.000000909. The molecule has 0 saturated heterocycles. The first kappa shape index (κ1) is 40.3. The van der Waals surface area contributed by atoms with Crippen molar-refractivity contribution >= 4 is 7.82 Å². The van der Waals surface area contributed by atoms with Crippen LogP contribution in [0.25, 0.3) is 0 Å². The van der Waals surface area contributed by atoms with E-state index in [0.29, 0.717) is 0 Å². The van der Waals surface area contributed by atoms with Gasteiger partial charge in [0.05, 0.1) is 26.3 Å². The molecule has 1 heterocycles. The van der Waals surface area contributed by atoms with E-state index >= 15 is 0 Å². The quantitative estimate of drug-likeness (QED) is 0.0521. The van der Waals surface area contributed by atoms with Gasteiger partial charge in [0.1, 0.15) is 12.4 Å². The molecular formula is C34H69N2O4P. The van der Waals surface area contributed by atoms with Crippen LogP contribution in [0, 0.1) is 0 Å². The Morgan fingerprint density at radius 3 is 1.44 bits per heavy atom. The molecule has 0 bridgehead atoms. The first-order valence-corrected chi connectivity index (χ1v) is 19.1.